The number of hydrogen-bond donors (Lipinski definition) is 1. The zero-order valence-corrected chi connectivity index (χ0v) is 15.0. The standard InChI is InChI=1S/C18H23NO4S/c1-13(2)16-6-4-15(5-7-16)8-10-19-18(20)12-24(21,22)17-9-11-23-14(17)3/h4-7,9,11,13H,8,10,12H2,1-3H3,(H,19,20). The fraction of sp³-hybridized carbons (Fsp3) is 0.389. The first-order valence-electron chi connectivity index (χ1n) is 7.92. The van der Waals surface area contributed by atoms with E-state index in [4.69, 9.17) is 4.42 Å². The predicted molar refractivity (Wildman–Crippen MR) is 92.7 cm³/mol. The van der Waals surface area contributed by atoms with Crippen LogP contribution in [0.25, 0.3) is 0 Å². The van der Waals surface area contributed by atoms with Crippen molar-refractivity contribution in [3.63, 3.8) is 0 Å². The van der Waals surface area contributed by atoms with Crippen molar-refractivity contribution in [2.24, 2.45) is 0 Å². The molecule has 2 aromatic rings. The number of carbonyl (C=O) groups is 1. The molecule has 0 aliphatic carbocycles. The monoisotopic (exact) mass is 349 g/mol. The largest absolute Gasteiger partial charge is 0.468 e. The van der Waals surface area contributed by atoms with E-state index < -0.39 is 21.5 Å². The summed E-state index contributed by atoms with van der Waals surface area (Å²) < 4.78 is 29.3. The Labute approximate surface area is 143 Å². The van der Waals surface area contributed by atoms with Gasteiger partial charge in [0.1, 0.15) is 16.4 Å². The normalized spacial score (nSPS) is 11.7. The topological polar surface area (TPSA) is 76.4 Å². The minimum Gasteiger partial charge on any atom is -0.468 e. The molecule has 0 saturated heterocycles. The zero-order valence-electron chi connectivity index (χ0n) is 14.2. The molecule has 130 valence electrons. The van der Waals surface area contributed by atoms with Crippen LogP contribution >= 0.6 is 0 Å². The van der Waals surface area contributed by atoms with Gasteiger partial charge in [-0.15, -0.1) is 0 Å². The maximum Gasteiger partial charge on any atom is 0.235 e. The van der Waals surface area contributed by atoms with Crippen LogP contribution in [0, 0.1) is 6.92 Å². The van der Waals surface area contributed by atoms with Gasteiger partial charge in [0.25, 0.3) is 0 Å². The molecule has 0 aliphatic rings. The lowest BCUT2D eigenvalue weighted by atomic mass is 10.0. The number of furan rings is 1. The number of rotatable bonds is 7. The lowest BCUT2D eigenvalue weighted by molar-refractivity contribution is -0.118. The van der Waals surface area contributed by atoms with Crippen molar-refractivity contribution in [2.75, 3.05) is 12.3 Å². The number of benzene rings is 1. The average molecular weight is 349 g/mol. The van der Waals surface area contributed by atoms with E-state index in [-0.39, 0.29) is 4.90 Å². The molecule has 2 rings (SSSR count). The Hall–Kier alpha value is -2.08. The fourth-order valence-electron chi connectivity index (χ4n) is 2.41. The lowest BCUT2D eigenvalue weighted by Crippen LogP contribution is -2.31. The third-order valence-electron chi connectivity index (χ3n) is 3.85. The van der Waals surface area contributed by atoms with E-state index >= 15 is 0 Å². The van der Waals surface area contributed by atoms with Crippen LogP contribution in [0.3, 0.4) is 0 Å². The molecule has 24 heavy (non-hydrogen) atoms. The maximum absolute atomic E-state index is 12.1. The summed E-state index contributed by atoms with van der Waals surface area (Å²) in [6.45, 7) is 6.24. The SMILES string of the molecule is Cc1occc1S(=O)(=O)CC(=O)NCCc1ccc(C(C)C)cc1. The van der Waals surface area contributed by atoms with Gasteiger partial charge in [0.05, 0.1) is 6.26 Å². The van der Waals surface area contributed by atoms with Crippen molar-refractivity contribution >= 4 is 15.7 Å². The van der Waals surface area contributed by atoms with Crippen LogP contribution in [0.1, 0.15) is 36.7 Å². The first-order valence-corrected chi connectivity index (χ1v) is 9.57. The molecule has 1 N–H and O–H groups in total. The molecule has 0 spiro atoms. The quantitative estimate of drug-likeness (QED) is 0.834. The van der Waals surface area contributed by atoms with Crippen LogP contribution in [0.2, 0.25) is 0 Å². The Balaban J connectivity index is 1.84. The fourth-order valence-corrected chi connectivity index (χ4v) is 3.76. The summed E-state index contributed by atoms with van der Waals surface area (Å²) in [6.07, 6.45) is 1.97. The number of amides is 1. The predicted octanol–water partition coefficient (Wildman–Crippen LogP) is 2.84. The summed E-state index contributed by atoms with van der Waals surface area (Å²) in [5.41, 5.74) is 2.37. The first-order chi connectivity index (χ1) is 11.3. The van der Waals surface area contributed by atoms with Crippen molar-refractivity contribution in [1.82, 2.24) is 5.32 Å². The van der Waals surface area contributed by atoms with Gasteiger partial charge in [0, 0.05) is 6.54 Å². The zero-order chi connectivity index (χ0) is 17.7. The van der Waals surface area contributed by atoms with E-state index in [2.05, 4.69) is 31.3 Å². The highest BCUT2D eigenvalue weighted by Gasteiger charge is 2.22. The third kappa shape index (κ3) is 4.71. The van der Waals surface area contributed by atoms with E-state index in [1.54, 1.807) is 6.92 Å². The summed E-state index contributed by atoms with van der Waals surface area (Å²) in [7, 11) is -3.66. The van der Waals surface area contributed by atoms with Crippen molar-refractivity contribution in [3.05, 3.63) is 53.5 Å². The van der Waals surface area contributed by atoms with Gasteiger partial charge in [-0.1, -0.05) is 38.1 Å². The van der Waals surface area contributed by atoms with Crippen molar-refractivity contribution in [1.29, 1.82) is 0 Å². The number of hydrogen-bond acceptors (Lipinski definition) is 4. The molecule has 1 heterocycles. The highest BCUT2D eigenvalue weighted by molar-refractivity contribution is 7.92. The van der Waals surface area contributed by atoms with E-state index in [9.17, 15) is 13.2 Å². The van der Waals surface area contributed by atoms with Crippen molar-refractivity contribution < 1.29 is 17.6 Å². The van der Waals surface area contributed by atoms with Crippen molar-refractivity contribution in [2.45, 2.75) is 38.0 Å². The van der Waals surface area contributed by atoms with E-state index in [1.807, 2.05) is 12.1 Å². The van der Waals surface area contributed by atoms with Crippen LogP contribution < -0.4 is 5.32 Å². The van der Waals surface area contributed by atoms with Crippen LogP contribution in [0.5, 0.6) is 0 Å². The number of aryl methyl sites for hydroxylation is 1. The van der Waals surface area contributed by atoms with Gasteiger partial charge in [-0.05, 0) is 36.5 Å². The second kappa shape index (κ2) is 7.66. The molecular formula is C18H23NO4S. The Morgan fingerprint density at radius 1 is 1.17 bits per heavy atom. The molecule has 1 aromatic carbocycles. The Morgan fingerprint density at radius 2 is 1.83 bits per heavy atom. The van der Waals surface area contributed by atoms with Crippen LogP contribution in [0.15, 0.2) is 45.9 Å². The molecule has 0 bridgehead atoms. The molecular weight excluding hydrogens is 326 g/mol. The van der Waals surface area contributed by atoms with Gasteiger partial charge in [-0.3, -0.25) is 4.79 Å². The molecule has 0 unspecified atom stereocenters. The van der Waals surface area contributed by atoms with Crippen LogP contribution in [0.4, 0.5) is 0 Å². The average Bonchev–Trinajstić information content (AvgIpc) is 2.94. The third-order valence-corrected chi connectivity index (χ3v) is 5.59. The second-order valence-corrected chi connectivity index (χ2v) is 8.05. The lowest BCUT2D eigenvalue weighted by Gasteiger charge is -2.08. The molecule has 0 aliphatic heterocycles. The van der Waals surface area contributed by atoms with Gasteiger partial charge in [0.15, 0.2) is 9.84 Å². The summed E-state index contributed by atoms with van der Waals surface area (Å²) in [5.74, 6) is -0.294. The molecule has 6 heteroatoms. The number of sulfone groups is 1. The molecule has 0 atom stereocenters. The summed E-state index contributed by atoms with van der Waals surface area (Å²) >= 11 is 0. The number of nitrogens with one attached hydrogen (secondary N) is 1. The summed E-state index contributed by atoms with van der Waals surface area (Å²) in [6, 6.07) is 9.59. The van der Waals surface area contributed by atoms with Gasteiger partial charge in [-0.2, -0.15) is 0 Å². The smallest absolute Gasteiger partial charge is 0.235 e. The van der Waals surface area contributed by atoms with E-state index in [0.29, 0.717) is 24.6 Å². The Kier molecular flexibility index (Phi) is 5.83. The molecule has 0 saturated carbocycles. The first kappa shape index (κ1) is 18.3. The van der Waals surface area contributed by atoms with Gasteiger partial charge >= 0.3 is 0 Å². The molecule has 0 radical (unpaired) electrons. The van der Waals surface area contributed by atoms with Crippen molar-refractivity contribution in [3.8, 4) is 0 Å². The second-order valence-electron chi connectivity index (χ2n) is 6.10. The molecule has 0 fully saturated rings. The molecule has 1 amide bonds. The molecule has 1 aromatic heterocycles. The Bertz CT molecular complexity index is 789. The maximum atomic E-state index is 12.1. The van der Waals surface area contributed by atoms with Gasteiger partial charge < -0.3 is 9.73 Å². The highest BCUT2D eigenvalue weighted by atomic mass is 32.2. The molecule has 5 nitrogen and oxygen atoms in total. The van der Waals surface area contributed by atoms with E-state index in [0.717, 1.165) is 5.56 Å². The van der Waals surface area contributed by atoms with E-state index in [1.165, 1.54) is 17.9 Å². The summed E-state index contributed by atoms with van der Waals surface area (Å²) in [4.78, 5) is 11.9. The Morgan fingerprint density at radius 3 is 2.38 bits per heavy atom. The number of carbonyl (C=O) groups excluding carboxylic acids is 1. The van der Waals surface area contributed by atoms with Gasteiger partial charge in [0.2, 0.25) is 5.91 Å². The summed E-state index contributed by atoms with van der Waals surface area (Å²) in [5, 5.41) is 2.66. The van der Waals surface area contributed by atoms with Crippen LogP contribution in [-0.4, -0.2) is 26.6 Å². The van der Waals surface area contributed by atoms with Gasteiger partial charge in [-0.25, -0.2) is 8.42 Å². The highest BCUT2D eigenvalue weighted by Crippen LogP contribution is 2.17. The minimum absolute atomic E-state index is 0.0712. The minimum atomic E-state index is -3.66. The van der Waals surface area contributed by atoms with Crippen LogP contribution in [-0.2, 0) is 21.1 Å².